The van der Waals surface area contributed by atoms with Crippen molar-refractivity contribution in [3.05, 3.63) is 0 Å². The Hall–Kier alpha value is -1.46. The average molecular weight is 284 g/mol. The van der Waals surface area contributed by atoms with Crippen molar-refractivity contribution in [2.45, 2.75) is 64.1 Å². The topological polar surface area (TPSA) is 70.1 Å². The van der Waals surface area contributed by atoms with Gasteiger partial charge in [0.2, 0.25) is 0 Å². The van der Waals surface area contributed by atoms with Crippen LogP contribution in [0.5, 0.6) is 0 Å². The van der Waals surface area contributed by atoms with Crippen molar-refractivity contribution < 1.29 is 19.4 Å². The van der Waals surface area contributed by atoms with Crippen LogP contribution in [-0.4, -0.2) is 57.9 Å². The summed E-state index contributed by atoms with van der Waals surface area (Å²) in [5.41, 5.74) is -0.523. The van der Waals surface area contributed by atoms with E-state index in [1.54, 1.807) is 4.90 Å². The van der Waals surface area contributed by atoms with E-state index in [9.17, 15) is 14.7 Å². The molecule has 2 atom stereocenters. The van der Waals surface area contributed by atoms with Crippen LogP contribution in [0.3, 0.4) is 0 Å². The Morgan fingerprint density at radius 1 is 1.05 bits per heavy atom. The van der Waals surface area contributed by atoms with Crippen LogP contribution in [0.2, 0.25) is 0 Å². The van der Waals surface area contributed by atoms with Gasteiger partial charge in [-0.1, -0.05) is 12.8 Å². The number of piperazine rings is 1. The third kappa shape index (κ3) is 3.35. The molecule has 0 aromatic rings. The summed E-state index contributed by atoms with van der Waals surface area (Å²) in [5, 5.41) is 9.28. The SMILES string of the molecule is CC(C)(C)OC(=O)N1CC2CCCCC1CN2C(=O)O. The lowest BCUT2D eigenvalue weighted by molar-refractivity contribution is -0.0205. The number of rotatable bonds is 0. The first kappa shape index (κ1) is 14.9. The van der Waals surface area contributed by atoms with Gasteiger partial charge in [-0.15, -0.1) is 0 Å². The van der Waals surface area contributed by atoms with Crippen LogP contribution >= 0.6 is 0 Å². The number of carbonyl (C=O) groups is 2. The Morgan fingerprint density at radius 3 is 2.05 bits per heavy atom. The number of ether oxygens (including phenoxy) is 1. The van der Waals surface area contributed by atoms with Gasteiger partial charge in [-0.2, -0.15) is 0 Å². The number of fused-ring (bicyclic) bond motifs is 5. The fraction of sp³-hybridized carbons (Fsp3) is 0.857. The van der Waals surface area contributed by atoms with Gasteiger partial charge in [0.15, 0.2) is 0 Å². The van der Waals surface area contributed by atoms with Gasteiger partial charge in [-0.25, -0.2) is 9.59 Å². The maximum atomic E-state index is 12.3. The van der Waals surface area contributed by atoms with Gasteiger partial charge >= 0.3 is 12.2 Å². The summed E-state index contributed by atoms with van der Waals surface area (Å²) in [6.45, 7) is 6.38. The maximum absolute atomic E-state index is 12.3. The minimum absolute atomic E-state index is 0.0579. The third-order valence-corrected chi connectivity index (χ3v) is 3.89. The van der Waals surface area contributed by atoms with Crippen LogP contribution < -0.4 is 0 Å². The Kier molecular flexibility index (Phi) is 4.11. The van der Waals surface area contributed by atoms with Gasteiger partial charge in [0, 0.05) is 13.1 Å². The van der Waals surface area contributed by atoms with E-state index in [0.29, 0.717) is 13.1 Å². The molecule has 2 amide bonds. The van der Waals surface area contributed by atoms with E-state index in [-0.39, 0.29) is 18.2 Å². The maximum Gasteiger partial charge on any atom is 0.410 e. The molecular weight excluding hydrogens is 260 g/mol. The average Bonchev–Trinajstić information content (AvgIpc) is 2.25. The summed E-state index contributed by atoms with van der Waals surface area (Å²) in [7, 11) is 0. The van der Waals surface area contributed by atoms with E-state index in [1.807, 2.05) is 20.8 Å². The summed E-state index contributed by atoms with van der Waals surface area (Å²) in [6.07, 6.45) is 2.51. The molecule has 3 rings (SSSR count). The molecule has 0 radical (unpaired) electrons. The highest BCUT2D eigenvalue weighted by Gasteiger charge is 2.40. The van der Waals surface area contributed by atoms with E-state index in [4.69, 9.17) is 4.74 Å². The first-order valence-electron chi connectivity index (χ1n) is 7.27. The van der Waals surface area contributed by atoms with Crippen molar-refractivity contribution in [2.24, 2.45) is 0 Å². The molecular formula is C14H24N2O4. The molecule has 6 heteroatoms. The Labute approximate surface area is 119 Å². The molecule has 1 N–H and O–H groups in total. The highest BCUT2D eigenvalue weighted by molar-refractivity contribution is 5.70. The minimum Gasteiger partial charge on any atom is -0.465 e. The van der Waals surface area contributed by atoms with Gasteiger partial charge in [0.25, 0.3) is 0 Å². The molecule has 6 nitrogen and oxygen atoms in total. The number of carboxylic acid groups (broad SMARTS) is 1. The minimum atomic E-state index is -0.884. The second-order valence-electron chi connectivity index (χ2n) is 6.66. The van der Waals surface area contributed by atoms with Gasteiger partial charge in [-0.3, -0.25) is 0 Å². The van der Waals surface area contributed by atoms with Crippen molar-refractivity contribution in [3.8, 4) is 0 Å². The van der Waals surface area contributed by atoms with E-state index >= 15 is 0 Å². The van der Waals surface area contributed by atoms with Crippen molar-refractivity contribution in [2.75, 3.05) is 13.1 Å². The second kappa shape index (κ2) is 5.50. The summed E-state index contributed by atoms with van der Waals surface area (Å²) in [5.74, 6) is 0. The van der Waals surface area contributed by atoms with Gasteiger partial charge in [-0.05, 0) is 33.6 Å². The van der Waals surface area contributed by atoms with Crippen LogP contribution in [-0.2, 0) is 4.74 Å². The normalized spacial score (nSPS) is 26.9. The predicted octanol–water partition coefficient (Wildman–Crippen LogP) is 2.53. The van der Waals surface area contributed by atoms with Crippen LogP contribution in [0, 0.1) is 0 Å². The smallest absolute Gasteiger partial charge is 0.410 e. The number of amides is 2. The lowest BCUT2D eigenvalue weighted by atomic mass is 9.94. The number of carbonyl (C=O) groups excluding carboxylic acids is 1. The Balaban J connectivity index is 2.12. The predicted molar refractivity (Wildman–Crippen MR) is 73.7 cm³/mol. The Bertz CT molecular complexity index is 391. The first-order chi connectivity index (χ1) is 9.28. The monoisotopic (exact) mass is 284 g/mol. The van der Waals surface area contributed by atoms with Crippen LogP contribution in [0.25, 0.3) is 0 Å². The lowest BCUT2D eigenvalue weighted by Gasteiger charge is -2.47. The summed E-state index contributed by atoms with van der Waals surface area (Å²) in [4.78, 5) is 26.8. The zero-order chi connectivity index (χ0) is 14.9. The standard InChI is InChI=1S/C14H24N2O4/c1-14(2,3)20-13(19)16-9-10-6-4-5-7-11(16)8-15(10)12(17)18/h10-11H,4-9H2,1-3H3,(H,17,18). The van der Waals surface area contributed by atoms with Crippen molar-refractivity contribution in [1.29, 1.82) is 0 Å². The van der Waals surface area contributed by atoms with E-state index in [0.717, 1.165) is 25.7 Å². The first-order valence-corrected chi connectivity index (χ1v) is 7.27. The van der Waals surface area contributed by atoms with Gasteiger partial charge < -0.3 is 19.6 Å². The fourth-order valence-corrected chi connectivity index (χ4v) is 2.98. The van der Waals surface area contributed by atoms with Crippen molar-refractivity contribution in [3.63, 3.8) is 0 Å². The molecule has 114 valence electrons. The summed E-state index contributed by atoms with van der Waals surface area (Å²) in [6, 6.07) is -0.158. The molecule has 0 aromatic carbocycles. The van der Waals surface area contributed by atoms with Crippen LogP contribution in [0.4, 0.5) is 9.59 Å². The van der Waals surface area contributed by atoms with Gasteiger partial charge in [0.1, 0.15) is 5.60 Å². The molecule has 3 fully saturated rings. The number of nitrogens with zero attached hydrogens (tertiary/aromatic N) is 2. The molecule has 3 saturated heterocycles. The molecule has 0 spiro atoms. The summed E-state index contributed by atoms with van der Waals surface area (Å²) >= 11 is 0. The van der Waals surface area contributed by atoms with E-state index < -0.39 is 11.7 Å². The van der Waals surface area contributed by atoms with Crippen LogP contribution in [0.1, 0.15) is 46.5 Å². The number of hydrogen-bond acceptors (Lipinski definition) is 3. The quantitative estimate of drug-likeness (QED) is 0.742. The molecule has 3 aliphatic rings. The molecule has 0 saturated carbocycles. The molecule has 0 aromatic heterocycles. The highest BCUT2D eigenvalue weighted by atomic mass is 16.6. The van der Waals surface area contributed by atoms with Crippen molar-refractivity contribution in [1.82, 2.24) is 9.80 Å². The molecule has 2 bridgehead atoms. The highest BCUT2D eigenvalue weighted by Crippen LogP contribution is 2.28. The Morgan fingerprint density at radius 2 is 1.55 bits per heavy atom. The van der Waals surface area contributed by atoms with E-state index in [1.165, 1.54) is 4.90 Å². The molecule has 0 aliphatic carbocycles. The fourth-order valence-electron chi connectivity index (χ4n) is 2.98. The zero-order valence-electron chi connectivity index (χ0n) is 12.5. The van der Waals surface area contributed by atoms with Crippen LogP contribution in [0.15, 0.2) is 0 Å². The van der Waals surface area contributed by atoms with Gasteiger partial charge in [0.05, 0.1) is 12.1 Å². The molecule has 20 heavy (non-hydrogen) atoms. The molecule has 3 heterocycles. The number of hydrogen-bond donors (Lipinski definition) is 1. The zero-order valence-corrected chi connectivity index (χ0v) is 12.5. The summed E-state index contributed by atoms with van der Waals surface area (Å²) < 4.78 is 5.44. The largest absolute Gasteiger partial charge is 0.465 e. The van der Waals surface area contributed by atoms with Crippen molar-refractivity contribution >= 4 is 12.2 Å². The third-order valence-electron chi connectivity index (χ3n) is 3.89. The lowest BCUT2D eigenvalue weighted by Crippen LogP contribution is -2.62. The molecule has 2 unspecified atom stereocenters. The second-order valence-corrected chi connectivity index (χ2v) is 6.66. The van der Waals surface area contributed by atoms with E-state index in [2.05, 4.69) is 0 Å². The molecule has 3 aliphatic heterocycles.